The fourth-order valence-corrected chi connectivity index (χ4v) is 2.67. The quantitative estimate of drug-likeness (QED) is 0.777. The van der Waals surface area contributed by atoms with Crippen molar-refractivity contribution in [3.05, 3.63) is 0 Å². The Kier molecular flexibility index (Phi) is 3.88. The molecular weight excluding hydrogens is 200 g/mol. The molecule has 0 radical (unpaired) electrons. The van der Waals surface area contributed by atoms with Gasteiger partial charge in [0.1, 0.15) is 6.23 Å². The minimum Gasteiger partial charge on any atom is -0.363 e. The molecule has 0 amide bonds. The molecule has 3 nitrogen and oxygen atoms in total. The van der Waals surface area contributed by atoms with Crippen LogP contribution in [0.4, 0.5) is 0 Å². The molecule has 0 aliphatic carbocycles. The lowest BCUT2D eigenvalue weighted by Crippen LogP contribution is -2.50. The van der Waals surface area contributed by atoms with Crippen molar-refractivity contribution < 1.29 is 4.74 Å². The van der Waals surface area contributed by atoms with Gasteiger partial charge in [0.2, 0.25) is 0 Å². The first-order valence-electron chi connectivity index (χ1n) is 6.62. The lowest BCUT2D eigenvalue weighted by Gasteiger charge is -2.39. The molecular formula is C13H26N2O. The molecule has 2 saturated heterocycles. The van der Waals surface area contributed by atoms with E-state index in [1.165, 1.54) is 25.8 Å². The molecule has 2 fully saturated rings. The molecule has 0 bridgehead atoms. The van der Waals surface area contributed by atoms with Crippen molar-refractivity contribution in [2.24, 2.45) is 5.41 Å². The number of ether oxygens (including phenoxy) is 1. The summed E-state index contributed by atoms with van der Waals surface area (Å²) in [4.78, 5) is 2.49. The Hall–Kier alpha value is -0.120. The Morgan fingerprint density at radius 2 is 2.19 bits per heavy atom. The average Bonchev–Trinajstić information content (AvgIpc) is 2.24. The zero-order chi connectivity index (χ0) is 11.6. The van der Waals surface area contributed by atoms with Gasteiger partial charge in [0.05, 0.1) is 6.61 Å². The molecule has 2 heterocycles. The lowest BCUT2D eigenvalue weighted by molar-refractivity contribution is -0.0718. The number of hydrogen-bond donors (Lipinski definition) is 1. The molecule has 2 aliphatic rings. The largest absolute Gasteiger partial charge is 0.363 e. The third-order valence-corrected chi connectivity index (χ3v) is 3.89. The Morgan fingerprint density at radius 1 is 1.38 bits per heavy atom. The standard InChI is InChI=1S/C13H26N2O/c1-13(2)9-14-12(16-10-13)8-11-6-4-5-7-15(11)3/h11-12,14H,4-10H2,1-3H3. The van der Waals surface area contributed by atoms with Crippen molar-refractivity contribution in [2.75, 3.05) is 26.7 Å². The molecule has 3 heteroatoms. The van der Waals surface area contributed by atoms with E-state index in [1.807, 2.05) is 0 Å². The number of rotatable bonds is 2. The maximum absolute atomic E-state index is 5.91. The highest BCUT2D eigenvalue weighted by molar-refractivity contribution is 4.82. The maximum Gasteiger partial charge on any atom is 0.109 e. The number of nitrogens with one attached hydrogen (secondary N) is 1. The van der Waals surface area contributed by atoms with E-state index in [9.17, 15) is 0 Å². The second-order valence-electron chi connectivity index (χ2n) is 6.21. The van der Waals surface area contributed by atoms with Crippen molar-refractivity contribution in [2.45, 2.75) is 51.8 Å². The molecule has 16 heavy (non-hydrogen) atoms. The summed E-state index contributed by atoms with van der Waals surface area (Å²) in [6, 6.07) is 0.715. The van der Waals surface area contributed by atoms with Crippen LogP contribution in [0.1, 0.15) is 39.5 Å². The highest BCUT2D eigenvalue weighted by Gasteiger charge is 2.30. The summed E-state index contributed by atoms with van der Waals surface area (Å²) in [5.74, 6) is 0. The molecule has 0 aromatic heterocycles. The van der Waals surface area contributed by atoms with E-state index >= 15 is 0 Å². The summed E-state index contributed by atoms with van der Waals surface area (Å²) in [6.45, 7) is 7.73. The fraction of sp³-hybridized carbons (Fsp3) is 1.00. The minimum absolute atomic E-state index is 0.276. The van der Waals surface area contributed by atoms with Crippen molar-refractivity contribution in [1.29, 1.82) is 0 Å². The van der Waals surface area contributed by atoms with Crippen LogP contribution in [0.2, 0.25) is 0 Å². The van der Waals surface area contributed by atoms with Crippen molar-refractivity contribution in [1.82, 2.24) is 10.2 Å². The summed E-state index contributed by atoms with van der Waals surface area (Å²) in [7, 11) is 2.25. The molecule has 0 aromatic carbocycles. The summed E-state index contributed by atoms with van der Waals surface area (Å²) in [5, 5.41) is 3.53. The van der Waals surface area contributed by atoms with Crippen LogP contribution in [0.15, 0.2) is 0 Å². The zero-order valence-corrected chi connectivity index (χ0v) is 11.0. The normalized spacial score (nSPS) is 36.2. The third kappa shape index (κ3) is 3.19. The predicted octanol–water partition coefficient (Wildman–Crippen LogP) is 1.83. The molecule has 0 aromatic rings. The monoisotopic (exact) mass is 226 g/mol. The van der Waals surface area contributed by atoms with Gasteiger partial charge in [0, 0.05) is 24.4 Å². The van der Waals surface area contributed by atoms with Crippen LogP contribution >= 0.6 is 0 Å². The molecule has 2 atom stereocenters. The molecule has 1 N–H and O–H groups in total. The summed E-state index contributed by atoms with van der Waals surface area (Å²) in [6.07, 6.45) is 5.50. The molecule has 94 valence electrons. The van der Waals surface area contributed by atoms with Crippen molar-refractivity contribution >= 4 is 0 Å². The number of piperidine rings is 1. The zero-order valence-electron chi connectivity index (χ0n) is 11.0. The first-order valence-corrected chi connectivity index (χ1v) is 6.62. The maximum atomic E-state index is 5.91. The lowest BCUT2D eigenvalue weighted by atomic mass is 9.92. The SMILES string of the molecule is CN1CCCCC1CC1NCC(C)(C)CO1. The van der Waals surface area contributed by atoms with Gasteiger partial charge in [-0.1, -0.05) is 20.3 Å². The van der Waals surface area contributed by atoms with Gasteiger partial charge >= 0.3 is 0 Å². The Labute approximate surface area is 99.5 Å². The first-order chi connectivity index (χ1) is 7.57. The van der Waals surface area contributed by atoms with Gasteiger partial charge in [0.25, 0.3) is 0 Å². The fourth-order valence-electron chi connectivity index (χ4n) is 2.67. The summed E-state index contributed by atoms with van der Waals surface area (Å²) < 4.78 is 5.91. The van der Waals surface area contributed by atoms with Gasteiger partial charge in [-0.25, -0.2) is 0 Å². The molecule has 0 saturated carbocycles. The van der Waals surface area contributed by atoms with Crippen LogP contribution in [0, 0.1) is 5.41 Å². The van der Waals surface area contributed by atoms with Gasteiger partial charge in [-0.05, 0) is 26.4 Å². The van der Waals surface area contributed by atoms with E-state index in [0.717, 1.165) is 19.6 Å². The number of nitrogens with zero attached hydrogens (tertiary/aromatic N) is 1. The molecule has 2 rings (SSSR count). The second-order valence-corrected chi connectivity index (χ2v) is 6.21. The van der Waals surface area contributed by atoms with E-state index in [4.69, 9.17) is 4.74 Å². The van der Waals surface area contributed by atoms with E-state index < -0.39 is 0 Å². The molecule has 0 spiro atoms. The van der Waals surface area contributed by atoms with Gasteiger partial charge in [-0.3, -0.25) is 5.32 Å². The number of likely N-dealkylation sites (tertiary alicyclic amines) is 1. The van der Waals surface area contributed by atoms with Crippen LogP contribution in [0.5, 0.6) is 0 Å². The highest BCUT2D eigenvalue weighted by Crippen LogP contribution is 2.24. The van der Waals surface area contributed by atoms with E-state index in [0.29, 0.717) is 11.5 Å². The van der Waals surface area contributed by atoms with Gasteiger partial charge < -0.3 is 9.64 Å². The third-order valence-electron chi connectivity index (χ3n) is 3.89. The topological polar surface area (TPSA) is 24.5 Å². The van der Waals surface area contributed by atoms with E-state index in [1.54, 1.807) is 0 Å². The first kappa shape index (κ1) is 12.3. The Morgan fingerprint density at radius 3 is 2.81 bits per heavy atom. The molecule has 2 aliphatic heterocycles. The highest BCUT2D eigenvalue weighted by atomic mass is 16.5. The number of hydrogen-bond acceptors (Lipinski definition) is 3. The van der Waals surface area contributed by atoms with Crippen LogP contribution in [0.3, 0.4) is 0 Å². The minimum atomic E-state index is 0.276. The van der Waals surface area contributed by atoms with Crippen molar-refractivity contribution in [3.63, 3.8) is 0 Å². The van der Waals surface area contributed by atoms with Gasteiger partial charge in [0.15, 0.2) is 0 Å². The predicted molar refractivity (Wildman–Crippen MR) is 66.4 cm³/mol. The van der Waals surface area contributed by atoms with E-state index in [-0.39, 0.29) is 6.23 Å². The van der Waals surface area contributed by atoms with Crippen LogP contribution in [0.25, 0.3) is 0 Å². The smallest absolute Gasteiger partial charge is 0.109 e. The van der Waals surface area contributed by atoms with Crippen LogP contribution in [-0.4, -0.2) is 43.9 Å². The van der Waals surface area contributed by atoms with Crippen molar-refractivity contribution in [3.8, 4) is 0 Å². The summed E-state index contributed by atoms with van der Waals surface area (Å²) in [5.41, 5.74) is 0.301. The average molecular weight is 226 g/mol. The molecule has 2 unspecified atom stereocenters. The van der Waals surface area contributed by atoms with Gasteiger partial charge in [-0.2, -0.15) is 0 Å². The Bertz CT molecular complexity index is 220. The van der Waals surface area contributed by atoms with Gasteiger partial charge in [-0.15, -0.1) is 0 Å². The second kappa shape index (κ2) is 5.03. The Balaban J connectivity index is 1.77. The van der Waals surface area contributed by atoms with E-state index in [2.05, 4.69) is 31.1 Å². The van der Waals surface area contributed by atoms with Crippen LogP contribution in [-0.2, 0) is 4.74 Å². The summed E-state index contributed by atoms with van der Waals surface area (Å²) >= 11 is 0. The van der Waals surface area contributed by atoms with Crippen LogP contribution < -0.4 is 5.32 Å².